The summed E-state index contributed by atoms with van der Waals surface area (Å²) in [5.41, 5.74) is 5.56. The van der Waals surface area contributed by atoms with Crippen molar-refractivity contribution in [2.75, 3.05) is 11.5 Å². The van der Waals surface area contributed by atoms with Crippen molar-refractivity contribution < 1.29 is 8.42 Å². The molecule has 2 N–H and O–H groups in total. The lowest BCUT2D eigenvalue weighted by Crippen LogP contribution is -2.09. The molecule has 0 unspecified atom stereocenters. The summed E-state index contributed by atoms with van der Waals surface area (Å²) in [5.74, 6) is 0.0241. The molecule has 1 rings (SSSR count). The van der Waals surface area contributed by atoms with Gasteiger partial charge in [-0.2, -0.15) is 0 Å². The molecule has 6 nitrogen and oxygen atoms in total. The molecule has 0 spiro atoms. The lowest BCUT2D eigenvalue weighted by Gasteiger charge is -1.99. The van der Waals surface area contributed by atoms with Gasteiger partial charge < -0.3 is 5.73 Å². The van der Waals surface area contributed by atoms with Crippen molar-refractivity contribution in [2.45, 2.75) is 18.5 Å². The largest absolute Gasteiger partial charge is 0.381 e. The van der Waals surface area contributed by atoms with Crippen LogP contribution in [-0.2, 0) is 16.4 Å². The predicted octanol–water partition coefficient (Wildman–Crippen LogP) is -0.160. The van der Waals surface area contributed by atoms with E-state index in [9.17, 15) is 8.42 Å². The maximum absolute atomic E-state index is 11.4. The highest BCUT2D eigenvalue weighted by Crippen LogP contribution is 2.15. The van der Waals surface area contributed by atoms with Gasteiger partial charge in [-0.25, -0.2) is 13.1 Å². The topological polar surface area (TPSA) is 90.9 Å². The zero-order chi connectivity index (χ0) is 10.8. The number of nitrogens with two attached hydrogens (primary N) is 1. The standard InChI is InChI=1S/C7H12N4O2S/c1-3-5-11-6(8)7(9-10-11)14(12,13)4-2/h3H,1,4-5,8H2,2H3. The summed E-state index contributed by atoms with van der Waals surface area (Å²) in [4.78, 5) is 0. The minimum absolute atomic E-state index is 0.0377. The van der Waals surface area contributed by atoms with Crippen LogP contribution in [0.25, 0.3) is 0 Å². The van der Waals surface area contributed by atoms with Gasteiger partial charge in [0.1, 0.15) is 0 Å². The minimum atomic E-state index is -3.38. The summed E-state index contributed by atoms with van der Waals surface area (Å²) < 4.78 is 24.1. The number of nitrogen functional groups attached to an aromatic ring is 1. The lowest BCUT2D eigenvalue weighted by atomic mass is 10.6. The molecule has 0 bridgehead atoms. The number of aromatic nitrogens is 3. The van der Waals surface area contributed by atoms with Gasteiger partial charge in [-0.15, -0.1) is 11.7 Å². The van der Waals surface area contributed by atoms with E-state index < -0.39 is 9.84 Å². The highest BCUT2D eigenvalue weighted by molar-refractivity contribution is 7.91. The van der Waals surface area contributed by atoms with E-state index in [0.29, 0.717) is 6.54 Å². The van der Waals surface area contributed by atoms with Gasteiger partial charge in [0.15, 0.2) is 5.82 Å². The van der Waals surface area contributed by atoms with Crippen LogP contribution in [0.3, 0.4) is 0 Å². The molecule has 0 amide bonds. The lowest BCUT2D eigenvalue weighted by molar-refractivity contribution is 0.593. The zero-order valence-corrected chi connectivity index (χ0v) is 8.66. The maximum atomic E-state index is 11.4. The molecule has 14 heavy (non-hydrogen) atoms. The Morgan fingerprint density at radius 2 is 2.29 bits per heavy atom. The molecular weight excluding hydrogens is 204 g/mol. The molecule has 0 fully saturated rings. The first-order chi connectivity index (χ1) is 6.53. The third kappa shape index (κ3) is 1.77. The van der Waals surface area contributed by atoms with Crippen LogP contribution in [0.5, 0.6) is 0 Å². The van der Waals surface area contributed by atoms with E-state index in [4.69, 9.17) is 5.73 Å². The molecule has 78 valence electrons. The van der Waals surface area contributed by atoms with Gasteiger partial charge in [0.25, 0.3) is 0 Å². The van der Waals surface area contributed by atoms with Gasteiger partial charge in [0, 0.05) is 0 Å². The van der Waals surface area contributed by atoms with Crippen molar-refractivity contribution in [1.82, 2.24) is 15.0 Å². The Hall–Kier alpha value is -1.37. The van der Waals surface area contributed by atoms with Crippen molar-refractivity contribution >= 4 is 15.7 Å². The molecule has 0 aromatic carbocycles. The number of rotatable bonds is 4. The monoisotopic (exact) mass is 216 g/mol. The Morgan fingerprint density at radius 1 is 1.64 bits per heavy atom. The highest BCUT2D eigenvalue weighted by Gasteiger charge is 2.21. The minimum Gasteiger partial charge on any atom is -0.381 e. The number of nitrogens with zero attached hydrogens (tertiary/aromatic N) is 3. The van der Waals surface area contributed by atoms with E-state index in [1.54, 1.807) is 6.08 Å². The fourth-order valence-corrected chi connectivity index (χ4v) is 1.78. The average molecular weight is 216 g/mol. The van der Waals surface area contributed by atoms with Gasteiger partial charge in [0.05, 0.1) is 12.3 Å². The van der Waals surface area contributed by atoms with Crippen LogP contribution in [-0.4, -0.2) is 29.2 Å². The van der Waals surface area contributed by atoms with Gasteiger partial charge >= 0.3 is 0 Å². The molecule has 0 aliphatic heterocycles. The second-order valence-corrected chi connectivity index (χ2v) is 4.85. The Morgan fingerprint density at radius 3 is 2.79 bits per heavy atom. The second-order valence-electron chi connectivity index (χ2n) is 2.65. The SMILES string of the molecule is C=CCn1nnc(S(=O)(=O)CC)c1N. The maximum Gasteiger partial charge on any atom is 0.220 e. The molecular formula is C7H12N4O2S. The predicted molar refractivity (Wildman–Crippen MR) is 52.4 cm³/mol. The molecule has 0 saturated heterocycles. The first-order valence-corrected chi connectivity index (χ1v) is 5.70. The fraction of sp³-hybridized carbons (Fsp3) is 0.429. The quantitative estimate of drug-likeness (QED) is 0.706. The molecule has 1 heterocycles. The smallest absolute Gasteiger partial charge is 0.220 e. The summed E-state index contributed by atoms with van der Waals surface area (Å²) in [5, 5.41) is 6.99. The normalized spacial score (nSPS) is 11.5. The van der Waals surface area contributed by atoms with E-state index in [1.165, 1.54) is 11.6 Å². The van der Waals surface area contributed by atoms with Crippen molar-refractivity contribution in [1.29, 1.82) is 0 Å². The van der Waals surface area contributed by atoms with Crippen LogP contribution >= 0.6 is 0 Å². The molecule has 0 aliphatic carbocycles. The van der Waals surface area contributed by atoms with Gasteiger partial charge in [-0.1, -0.05) is 18.2 Å². The number of hydrogen-bond donors (Lipinski definition) is 1. The number of allylic oxidation sites excluding steroid dienone is 1. The highest BCUT2D eigenvalue weighted by atomic mass is 32.2. The zero-order valence-electron chi connectivity index (χ0n) is 7.84. The van der Waals surface area contributed by atoms with E-state index in [0.717, 1.165) is 0 Å². The van der Waals surface area contributed by atoms with E-state index >= 15 is 0 Å². The van der Waals surface area contributed by atoms with Crippen molar-refractivity contribution in [3.8, 4) is 0 Å². The summed E-state index contributed by atoms with van der Waals surface area (Å²) in [6, 6.07) is 0. The first kappa shape index (κ1) is 10.7. The Balaban J connectivity index is 3.19. The fourth-order valence-electron chi connectivity index (χ4n) is 0.920. The number of sulfone groups is 1. The summed E-state index contributed by atoms with van der Waals surface area (Å²) >= 11 is 0. The van der Waals surface area contributed by atoms with Crippen molar-refractivity contribution in [3.63, 3.8) is 0 Å². The van der Waals surface area contributed by atoms with Crippen LogP contribution in [0, 0.1) is 0 Å². The van der Waals surface area contributed by atoms with E-state index in [2.05, 4.69) is 16.9 Å². The summed E-state index contributed by atoms with van der Waals surface area (Å²) in [7, 11) is -3.38. The Bertz CT molecular complexity index is 435. The summed E-state index contributed by atoms with van der Waals surface area (Å²) in [6.07, 6.45) is 1.56. The Kier molecular flexibility index (Phi) is 2.90. The molecule has 0 radical (unpaired) electrons. The van der Waals surface area contributed by atoms with Crippen LogP contribution in [0.1, 0.15) is 6.92 Å². The Labute approximate surface area is 82.3 Å². The van der Waals surface area contributed by atoms with E-state index in [1.807, 2.05) is 0 Å². The van der Waals surface area contributed by atoms with E-state index in [-0.39, 0.29) is 16.6 Å². The van der Waals surface area contributed by atoms with Crippen molar-refractivity contribution in [2.24, 2.45) is 0 Å². The number of hydrogen-bond acceptors (Lipinski definition) is 5. The van der Waals surface area contributed by atoms with Gasteiger partial charge in [-0.05, 0) is 0 Å². The average Bonchev–Trinajstić information content (AvgIpc) is 2.50. The molecule has 0 aliphatic rings. The van der Waals surface area contributed by atoms with Gasteiger partial charge in [-0.3, -0.25) is 0 Å². The third-order valence-corrected chi connectivity index (χ3v) is 3.36. The van der Waals surface area contributed by atoms with Gasteiger partial charge in [0.2, 0.25) is 14.9 Å². The van der Waals surface area contributed by atoms with Crippen LogP contribution in [0.4, 0.5) is 5.82 Å². The number of anilines is 1. The first-order valence-electron chi connectivity index (χ1n) is 4.05. The third-order valence-electron chi connectivity index (χ3n) is 1.72. The second kappa shape index (κ2) is 3.79. The molecule has 1 aromatic heterocycles. The van der Waals surface area contributed by atoms with Crippen LogP contribution in [0.15, 0.2) is 17.7 Å². The van der Waals surface area contributed by atoms with Crippen LogP contribution < -0.4 is 5.73 Å². The molecule has 7 heteroatoms. The molecule has 0 atom stereocenters. The summed E-state index contributed by atoms with van der Waals surface area (Å²) in [6.45, 7) is 5.37. The van der Waals surface area contributed by atoms with Crippen LogP contribution in [0.2, 0.25) is 0 Å². The molecule has 0 saturated carbocycles. The van der Waals surface area contributed by atoms with Crippen molar-refractivity contribution in [3.05, 3.63) is 12.7 Å². The molecule has 1 aromatic rings.